The molecule has 13 heavy (non-hydrogen) atoms. The highest BCUT2D eigenvalue weighted by molar-refractivity contribution is 9.10. The maximum atomic E-state index is 5.73. The largest absolute Gasteiger partial charge is 0.391 e. The van der Waals surface area contributed by atoms with Crippen LogP contribution in [0.25, 0.3) is 10.1 Å². The van der Waals surface area contributed by atoms with Gasteiger partial charge in [0.2, 0.25) is 0 Å². The van der Waals surface area contributed by atoms with Crippen LogP contribution in [0.15, 0.2) is 27.6 Å². The third-order valence-electron chi connectivity index (χ3n) is 1.81. The summed E-state index contributed by atoms with van der Waals surface area (Å²) in [5, 5.41) is 2.09. The Morgan fingerprint density at radius 2 is 2.15 bits per heavy atom. The number of thiophene rings is 1. The maximum Gasteiger partial charge on any atom is 0.0868 e. The molecule has 0 saturated carbocycles. The first-order valence-corrected chi connectivity index (χ1v) is 6.56. The molecule has 0 aliphatic carbocycles. The third-order valence-corrected chi connectivity index (χ3v) is 4.43. The van der Waals surface area contributed by atoms with Gasteiger partial charge in [0.25, 0.3) is 0 Å². The first-order valence-electron chi connectivity index (χ1n) is 3.73. The minimum Gasteiger partial charge on any atom is -0.391 e. The number of fused-ring (bicyclic) bond motifs is 1. The van der Waals surface area contributed by atoms with Crippen molar-refractivity contribution in [3.63, 3.8) is 0 Å². The number of rotatable bonds is 1. The van der Waals surface area contributed by atoms with Crippen molar-refractivity contribution < 1.29 is 0 Å². The number of anilines is 1. The highest BCUT2D eigenvalue weighted by atomic mass is 79.9. The Labute approximate surface area is 93.4 Å². The summed E-state index contributed by atoms with van der Waals surface area (Å²) in [7, 11) is 0. The molecule has 0 aliphatic rings. The molecule has 0 radical (unpaired) electrons. The van der Waals surface area contributed by atoms with Crippen molar-refractivity contribution in [2.24, 2.45) is 0 Å². The topological polar surface area (TPSA) is 26.0 Å². The molecule has 4 heteroatoms. The molecule has 0 bridgehead atoms. The predicted octanol–water partition coefficient (Wildman–Crippen LogP) is 3.97. The van der Waals surface area contributed by atoms with Gasteiger partial charge >= 0.3 is 0 Å². The van der Waals surface area contributed by atoms with Gasteiger partial charge in [-0.2, -0.15) is 0 Å². The van der Waals surface area contributed by atoms with Gasteiger partial charge in [-0.15, -0.1) is 23.1 Å². The molecule has 1 aromatic heterocycles. The zero-order valence-electron chi connectivity index (χ0n) is 7.00. The summed E-state index contributed by atoms with van der Waals surface area (Å²) >= 11 is 6.90. The molecular formula is C9H8BrNS2. The molecule has 1 heterocycles. The summed E-state index contributed by atoms with van der Waals surface area (Å²) in [6, 6.07) is 6.30. The predicted molar refractivity (Wildman–Crippen MR) is 65.7 cm³/mol. The molecule has 0 spiro atoms. The average molecular weight is 274 g/mol. The van der Waals surface area contributed by atoms with Gasteiger partial charge in [0.15, 0.2) is 0 Å². The van der Waals surface area contributed by atoms with Crippen LogP contribution >= 0.6 is 39.0 Å². The second-order valence-electron chi connectivity index (χ2n) is 2.67. The molecule has 2 N–H and O–H groups in total. The van der Waals surface area contributed by atoms with Crippen molar-refractivity contribution in [1.29, 1.82) is 0 Å². The fourth-order valence-corrected chi connectivity index (χ4v) is 3.48. The fourth-order valence-electron chi connectivity index (χ4n) is 1.22. The first kappa shape index (κ1) is 9.37. The number of benzene rings is 1. The van der Waals surface area contributed by atoms with Crippen molar-refractivity contribution >= 4 is 54.1 Å². The minimum atomic E-state index is 0.875. The summed E-state index contributed by atoms with van der Waals surface area (Å²) in [6.07, 6.45) is 2.07. The van der Waals surface area contributed by atoms with Crippen LogP contribution in [0.1, 0.15) is 0 Å². The van der Waals surface area contributed by atoms with E-state index in [1.807, 2.05) is 6.07 Å². The second-order valence-corrected chi connectivity index (χ2v) is 5.49. The molecule has 0 fully saturated rings. The van der Waals surface area contributed by atoms with E-state index < -0.39 is 0 Å². The lowest BCUT2D eigenvalue weighted by atomic mass is 10.3. The molecular weight excluding hydrogens is 266 g/mol. The Kier molecular flexibility index (Phi) is 2.53. The molecule has 0 amide bonds. The van der Waals surface area contributed by atoms with Crippen molar-refractivity contribution in [2.45, 2.75) is 4.90 Å². The van der Waals surface area contributed by atoms with Crippen molar-refractivity contribution in [3.05, 3.63) is 22.7 Å². The maximum absolute atomic E-state index is 5.73. The van der Waals surface area contributed by atoms with Crippen LogP contribution in [-0.2, 0) is 0 Å². The van der Waals surface area contributed by atoms with Crippen molar-refractivity contribution in [3.8, 4) is 0 Å². The van der Waals surface area contributed by atoms with E-state index >= 15 is 0 Å². The van der Waals surface area contributed by atoms with Gasteiger partial charge in [0.05, 0.1) is 5.00 Å². The quantitative estimate of drug-likeness (QED) is 0.796. The molecule has 68 valence electrons. The third kappa shape index (κ3) is 1.71. The number of halogens is 1. The summed E-state index contributed by atoms with van der Waals surface area (Å²) in [5.74, 6) is 0. The van der Waals surface area contributed by atoms with Crippen LogP contribution in [0.2, 0.25) is 0 Å². The van der Waals surface area contributed by atoms with Crippen LogP contribution in [0, 0.1) is 0 Å². The van der Waals surface area contributed by atoms with E-state index in [2.05, 4.69) is 34.3 Å². The molecule has 1 nitrogen and oxygen atoms in total. The van der Waals surface area contributed by atoms with Gasteiger partial charge < -0.3 is 5.73 Å². The number of hydrogen-bond acceptors (Lipinski definition) is 3. The Bertz CT molecular complexity index is 450. The summed E-state index contributed by atoms with van der Waals surface area (Å²) in [4.78, 5) is 1.26. The lowest BCUT2D eigenvalue weighted by molar-refractivity contribution is 1.47. The van der Waals surface area contributed by atoms with Gasteiger partial charge in [-0.3, -0.25) is 0 Å². The van der Waals surface area contributed by atoms with E-state index in [-0.39, 0.29) is 0 Å². The molecule has 0 saturated heterocycles. The standard InChI is InChI=1S/C9H8BrNS2/c1-12-8-4-7-5(2-6(8)10)3-9(11)13-7/h2-4H,11H2,1H3. The smallest absolute Gasteiger partial charge is 0.0868 e. The zero-order chi connectivity index (χ0) is 9.42. The van der Waals surface area contributed by atoms with Gasteiger partial charge in [-0.1, -0.05) is 0 Å². The van der Waals surface area contributed by atoms with Crippen LogP contribution in [0.3, 0.4) is 0 Å². The minimum absolute atomic E-state index is 0.875. The lowest BCUT2D eigenvalue weighted by Crippen LogP contribution is -1.73. The highest BCUT2D eigenvalue weighted by Crippen LogP contribution is 2.35. The van der Waals surface area contributed by atoms with Crippen LogP contribution in [0.4, 0.5) is 5.00 Å². The summed E-state index contributed by atoms with van der Waals surface area (Å²) in [5.41, 5.74) is 5.73. The Morgan fingerprint density at radius 3 is 2.85 bits per heavy atom. The summed E-state index contributed by atoms with van der Waals surface area (Å²) in [6.45, 7) is 0. The van der Waals surface area contributed by atoms with Crippen molar-refractivity contribution in [2.75, 3.05) is 12.0 Å². The van der Waals surface area contributed by atoms with E-state index in [1.54, 1.807) is 23.1 Å². The van der Waals surface area contributed by atoms with E-state index in [1.165, 1.54) is 15.0 Å². The fraction of sp³-hybridized carbons (Fsp3) is 0.111. The second kappa shape index (κ2) is 3.52. The number of thioether (sulfide) groups is 1. The normalized spacial score (nSPS) is 10.9. The number of hydrogen-bond donors (Lipinski definition) is 1. The molecule has 1 aromatic carbocycles. The first-order chi connectivity index (χ1) is 6.20. The summed E-state index contributed by atoms with van der Waals surface area (Å²) < 4.78 is 2.40. The average Bonchev–Trinajstić information content (AvgIpc) is 2.42. The molecule has 2 rings (SSSR count). The van der Waals surface area contributed by atoms with E-state index in [4.69, 9.17) is 5.73 Å². The van der Waals surface area contributed by atoms with Gasteiger partial charge in [-0.05, 0) is 45.8 Å². The van der Waals surface area contributed by atoms with Crippen LogP contribution in [0.5, 0.6) is 0 Å². The lowest BCUT2D eigenvalue weighted by Gasteiger charge is -1.99. The molecule has 0 atom stereocenters. The van der Waals surface area contributed by atoms with E-state index in [9.17, 15) is 0 Å². The van der Waals surface area contributed by atoms with Crippen molar-refractivity contribution in [1.82, 2.24) is 0 Å². The van der Waals surface area contributed by atoms with E-state index in [0.717, 1.165) is 9.47 Å². The van der Waals surface area contributed by atoms with E-state index in [0.29, 0.717) is 0 Å². The van der Waals surface area contributed by atoms with Crippen LogP contribution in [-0.4, -0.2) is 6.26 Å². The molecule has 0 unspecified atom stereocenters. The Morgan fingerprint density at radius 1 is 1.38 bits per heavy atom. The number of nitrogens with two attached hydrogens (primary N) is 1. The van der Waals surface area contributed by atoms with Gasteiger partial charge in [0.1, 0.15) is 0 Å². The zero-order valence-corrected chi connectivity index (χ0v) is 10.2. The van der Waals surface area contributed by atoms with Gasteiger partial charge in [0, 0.05) is 14.1 Å². The molecule has 0 aliphatic heterocycles. The number of nitrogen functional groups attached to an aromatic ring is 1. The Hall–Kier alpha value is -0.190. The highest BCUT2D eigenvalue weighted by Gasteiger charge is 2.04. The monoisotopic (exact) mass is 273 g/mol. The van der Waals surface area contributed by atoms with Gasteiger partial charge in [-0.25, -0.2) is 0 Å². The van der Waals surface area contributed by atoms with Crippen LogP contribution < -0.4 is 5.73 Å². The molecule has 2 aromatic rings. The SMILES string of the molecule is CSc1cc2sc(N)cc2cc1Br. The Balaban J connectivity index is 2.72.